The molecule has 0 bridgehead atoms. The molecule has 3 rings (SSSR count). The molecule has 0 aliphatic rings. The third-order valence-electron chi connectivity index (χ3n) is 3.92. The molecule has 1 aromatic heterocycles. The molecular formula is C18H16N2O4S. The zero-order chi connectivity index (χ0) is 18.0. The van der Waals surface area contributed by atoms with Crippen molar-refractivity contribution in [3.63, 3.8) is 0 Å². The fourth-order valence-electron chi connectivity index (χ4n) is 2.37. The maximum Gasteiger partial charge on any atom is 0.264 e. The Morgan fingerprint density at radius 1 is 1.04 bits per heavy atom. The van der Waals surface area contributed by atoms with Gasteiger partial charge >= 0.3 is 0 Å². The van der Waals surface area contributed by atoms with E-state index in [9.17, 15) is 13.2 Å². The largest absolute Gasteiger partial charge is 0.337 e. The van der Waals surface area contributed by atoms with Gasteiger partial charge in [-0.15, -0.1) is 0 Å². The van der Waals surface area contributed by atoms with Gasteiger partial charge in [0.05, 0.1) is 10.6 Å². The van der Waals surface area contributed by atoms with Crippen LogP contribution in [-0.2, 0) is 10.0 Å². The van der Waals surface area contributed by atoms with Gasteiger partial charge in [-0.25, -0.2) is 13.1 Å². The maximum atomic E-state index is 12.8. The van der Waals surface area contributed by atoms with Gasteiger partial charge in [0.25, 0.3) is 10.0 Å². The highest BCUT2D eigenvalue weighted by Gasteiger charge is 2.22. The summed E-state index contributed by atoms with van der Waals surface area (Å²) in [6, 6.07) is 13.3. The molecule has 0 fully saturated rings. The average Bonchev–Trinajstić information content (AvgIpc) is 2.93. The maximum absolute atomic E-state index is 12.8. The number of nitrogens with zero attached hydrogens (tertiary/aromatic N) is 1. The van der Waals surface area contributed by atoms with E-state index in [-0.39, 0.29) is 10.8 Å². The van der Waals surface area contributed by atoms with Crippen molar-refractivity contribution < 1.29 is 17.7 Å². The molecule has 6 nitrogen and oxygen atoms in total. The summed E-state index contributed by atoms with van der Waals surface area (Å²) >= 11 is 0. The summed E-state index contributed by atoms with van der Waals surface area (Å²) in [6.07, 6.45) is 0.739. The lowest BCUT2D eigenvalue weighted by molar-refractivity contribution is 0.112. The first-order chi connectivity index (χ1) is 11.9. The van der Waals surface area contributed by atoms with Gasteiger partial charge in [-0.1, -0.05) is 47.6 Å². The van der Waals surface area contributed by atoms with Gasteiger partial charge in [0.1, 0.15) is 6.29 Å². The van der Waals surface area contributed by atoms with Crippen LogP contribution in [0.25, 0.3) is 11.1 Å². The summed E-state index contributed by atoms with van der Waals surface area (Å²) < 4.78 is 33.1. The van der Waals surface area contributed by atoms with Crippen molar-refractivity contribution in [2.45, 2.75) is 18.7 Å². The Hall–Kier alpha value is -2.93. The number of benzene rings is 2. The fraction of sp³-hybridized carbons (Fsp3) is 0.111. The molecule has 0 atom stereocenters. The highest BCUT2D eigenvalue weighted by Crippen LogP contribution is 2.29. The van der Waals surface area contributed by atoms with Gasteiger partial charge in [0.2, 0.25) is 5.88 Å². The van der Waals surface area contributed by atoms with Gasteiger partial charge in [-0.3, -0.25) is 4.79 Å². The standard InChI is InChI=1S/C18H16N2O4S/c1-12-13(2)19-24-18(12)20-25(22,23)17-6-4-3-5-16(17)15-9-7-14(11-21)8-10-15/h3-11,20H,1-2H3. The first-order valence-electron chi connectivity index (χ1n) is 7.52. The Bertz CT molecular complexity index is 1020. The second kappa shape index (κ2) is 6.52. The molecule has 0 aliphatic carbocycles. The summed E-state index contributed by atoms with van der Waals surface area (Å²) in [7, 11) is -3.87. The van der Waals surface area contributed by atoms with Crippen LogP contribution in [0.3, 0.4) is 0 Å². The zero-order valence-corrected chi connectivity index (χ0v) is 14.5. The number of hydrogen-bond donors (Lipinski definition) is 1. The highest BCUT2D eigenvalue weighted by atomic mass is 32.2. The first-order valence-corrected chi connectivity index (χ1v) is 9.01. The van der Waals surface area contributed by atoms with Crippen LogP contribution >= 0.6 is 0 Å². The van der Waals surface area contributed by atoms with E-state index in [1.807, 2.05) is 0 Å². The number of carbonyl (C=O) groups excluding carboxylic acids is 1. The Labute approximate surface area is 145 Å². The van der Waals surface area contributed by atoms with Gasteiger partial charge in [-0.05, 0) is 25.5 Å². The van der Waals surface area contributed by atoms with Crippen LogP contribution in [0, 0.1) is 13.8 Å². The number of anilines is 1. The fourth-order valence-corrected chi connectivity index (χ4v) is 3.65. The molecule has 1 heterocycles. The predicted molar refractivity (Wildman–Crippen MR) is 94.1 cm³/mol. The highest BCUT2D eigenvalue weighted by molar-refractivity contribution is 7.92. The van der Waals surface area contributed by atoms with Crippen LogP contribution in [0.1, 0.15) is 21.6 Å². The SMILES string of the molecule is Cc1noc(NS(=O)(=O)c2ccccc2-c2ccc(C=O)cc2)c1C. The number of aryl methyl sites for hydroxylation is 1. The number of nitrogens with one attached hydrogen (secondary N) is 1. The molecule has 3 aromatic rings. The van der Waals surface area contributed by atoms with Crippen molar-refractivity contribution in [2.75, 3.05) is 4.72 Å². The molecule has 0 saturated carbocycles. The normalized spacial score (nSPS) is 11.3. The van der Waals surface area contributed by atoms with Crippen molar-refractivity contribution in [3.8, 4) is 11.1 Å². The molecule has 0 saturated heterocycles. The van der Waals surface area contributed by atoms with Crippen molar-refractivity contribution in [3.05, 3.63) is 65.4 Å². The van der Waals surface area contributed by atoms with Crippen molar-refractivity contribution in [1.29, 1.82) is 0 Å². The number of aldehydes is 1. The molecule has 7 heteroatoms. The van der Waals surface area contributed by atoms with E-state index >= 15 is 0 Å². The second-order valence-electron chi connectivity index (χ2n) is 5.56. The predicted octanol–water partition coefficient (Wildman–Crippen LogP) is 3.57. The summed E-state index contributed by atoms with van der Waals surface area (Å²) in [6.45, 7) is 3.47. The number of sulfonamides is 1. The molecule has 0 aliphatic heterocycles. The summed E-state index contributed by atoms with van der Waals surface area (Å²) in [5, 5.41) is 3.76. The van der Waals surface area contributed by atoms with Crippen molar-refractivity contribution >= 4 is 22.2 Å². The monoisotopic (exact) mass is 356 g/mol. The lowest BCUT2D eigenvalue weighted by Gasteiger charge is -2.11. The molecule has 25 heavy (non-hydrogen) atoms. The topological polar surface area (TPSA) is 89.3 Å². The van der Waals surface area contributed by atoms with E-state index in [1.54, 1.807) is 56.3 Å². The number of aromatic nitrogens is 1. The van der Waals surface area contributed by atoms with E-state index in [0.29, 0.717) is 27.9 Å². The van der Waals surface area contributed by atoms with Crippen LogP contribution in [0.4, 0.5) is 5.88 Å². The van der Waals surface area contributed by atoms with Crippen molar-refractivity contribution in [2.24, 2.45) is 0 Å². The Morgan fingerprint density at radius 3 is 2.32 bits per heavy atom. The Kier molecular flexibility index (Phi) is 4.41. The van der Waals surface area contributed by atoms with E-state index in [1.165, 1.54) is 6.07 Å². The molecule has 0 spiro atoms. The summed E-state index contributed by atoms with van der Waals surface area (Å²) in [4.78, 5) is 10.9. The smallest absolute Gasteiger partial charge is 0.264 e. The summed E-state index contributed by atoms with van der Waals surface area (Å²) in [5.74, 6) is 0.101. The van der Waals surface area contributed by atoms with Crippen LogP contribution in [-0.4, -0.2) is 19.9 Å². The van der Waals surface area contributed by atoms with Crippen LogP contribution in [0.2, 0.25) is 0 Å². The van der Waals surface area contributed by atoms with Gasteiger partial charge in [-0.2, -0.15) is 0 Å². The third kappa shape index (κ3) is 3.32. The van der Waals surface area contributed by atoms with Crippen LogP contribution < -0.4 is 4.72 Å². The quantitative estimate of drug-likeness (QED) is 0.706. The molecule has 0 unspecified atom stereocenters. The first kappa shape index (κ1) is 16.9. The molecular weight excluding hydrogens is 340 g/mol. The Morgan fingerprint density at radius 2 is 1.72 bits per heavy atom. The second-order valence-corrected chi connectivity index (χ2v) is 7.21. The molecule has 1 N–H and O–H groups in total. The summed E-state index contributed by atoms with van der Waals surface area (Å²) in [5.41, 5.74) is 3.00. The molecule has 0 amide bonds. The number of rotatable bonds is 5. The lowest BCUT2D eigenvalue weighted by atomic mass is 10.0. The minimum absolute atomic E-state index is 0.101. The van der Waals surface area contributed by atoms with Crippen LogP contribution in [0.5, 0.6) is 0 Å². The Balaban J connectivity index is 2.04. The van der Waals surface area contributed by atoms with Gasteiger partial charge in [0.15, 0.2) is 0 Å². The van der Waals surface area contributed by atoms with E-state index in [4.69, 9.17) is 4.52 Å². The van der Waals surface area contributed by atoms with Crippen molar-refractivity contribution in [1.82, 2.24) is 5.16 Å². The lowest BCUT2D eigenvalue weighted by Crippen LogP contribution is -2.14. The van der Waals surface area contributed by atoms with Crippen LogP contribution in [0.15, 0.2) is 57.9 Å². The van der Waals surface area contributed by atoms with E-state index in [2.05, 4.69) is 9.88 Å². The van der Waals surface area contributed by atoms with Gasteiger partial charge < -0.3 is 4.52 Å². The molecule has 0 radical (unpaired) electrons. The van der Waals surface area contributed by atoms with E-state index < -0.39 is 10.0 Å². The van der Waals surface area contributed by atoms with Gasteiger partial charge in [0, 0.05) is 16.7 Å². The average molecular weight is 356 g/mol. The number of hydrogen-bond acceptors (Lipinski definition) is 5. The zero-order valence-electron chi connectivity index (χ0n) is 13.7. The minimum Gasteiger partial charge on any atom is -0.337 e. The third-order valence-corrected chi connectivity index (χ3v) is 5.31. The number of carbonyl (C=O) groups is 1. The minimum atomic E-state index is -3.87. The molecule has 2 aromatic carbocycles. The van der Waals surface area contributed by atoms with E-state index in [0.717, 1.165) is 6.29 Å². The molecule has 128 valence electrons.